The fraction of sp³-hybridized carbons (Fsp3) is 0.867. The first-order valence-electron chi connectivity index (χ1n) is 7.52. The molecule has 0 aromatic heterocycles. The van der Waals surface area contributed by atoms with Gasteiger partial charge in [-0.2, -0.15) is 0 Å². The summed E-state index contributed by atoms with van der Waals surface area (Å²) in [5, 5.41) is 9.16. The van der Waals surface area contributed by atoms with Crippen LogP contribution in [0.1, 0.15) is 41.0 Å². The average molecular weight is 284 g/mol. The Labute approximate surface area is 121 Å². The first-order chi connectivity index (χ1) is 9.23. The molecule has 1 aliphatic heterocycles. The second kappa shape index (κ2) is 6.95. The standard InChI is InChI=1S/C15H28N2O3/c1-10(2)8-16(9-11(3)4)15(20)17-7-6-13(12(17)5)14(18)19/h10-13H,6-9H2,1-5H3,(H,18,19). The molecule has 1 heterocycles. The Morgan fingerprint density at radius 3 is 2.05 bits per heavy atom. The summed E-state index contributed by atoms with van der Waals surface area (Å²) in [4.78, 5) is 27.4. The number of nitrogens with zero attached hydrogens (tertiary/aromatic N) is 2. The van der Waals surface area contributed by atoms with Crippen molar-refractivity contribution in [1.29, 1.82) is 0 Å². The average Bonchev–Trinajstić information content (AvgIpc) is 2.68. The van der Waals surface area contributed by atoms with Gasteiger partial charge in [-0.3, -0.25) is 4.79 Å². The number of amides is 2. The van der Waals surface area contributed by atoms with Gasteiger partial charge in [0.2, 0.25) is 0 Å². The number of urea groups is 1. The number of carboxylic acid groups (broad SMARTS) is 1. The molecule has 1 rings (SSSR count). The Kier molecular flexibility index (Phi) is 5.84. The lowest BCUT2D eigenvalue weighted by Gasteiger charge is -2.33. The maximum absolute atomic E-state index is 12.7. The fourth-order valence-electron chi connectivity index (χ4n) is 2.83. The number of hydrogen-bond donors (Lipinski definition) is 1. The van der Waals surface area contributed by atoms with Crippen LogP contribution in [0.4, 0.5) is 4.79 Å². The molecular weight excluding hydrogens is 256 g/mol. The highest BCUT2D eigenvalue weighted by molar-refractivity contribution is 5.78. The molecule has 116 valence electrons. The molecule has 1 N–H and O–H groups in total. The van der Waals surface area contributed by atoms with Gasteiger partial charge >= 0.3 is 12.0 Å². The van der Waals surface area contributed by atoms with Gasteiger partial charge in [-0.25, -0.2) is 4.79 Å². The summed E-state index contributed by atoms with van der Waals surface area (Å²) >= 11 is 0. The quantitative estimate of drug-likeness (QED) is 0.844. The third-order valence-electron chi connectivity index (χ3n) is 3.76. The van der Waals surface area contributed by atoms with E-state index >= 15 is 0 Å². The minimum atomic E-state index is -0.799. The van der Waals surface area contributed by atoms with Crippen molar-refractivity contribution in [2.75, 3.05) is 19.6 Å². The number of rotatable bonds is 5. The van der Waals surface area contributed by atoms with E-state index in [2.05, 4.69) is 27.7 Å². The number of carbonyl (C=O) groups excluding carboxylic acids is 1. The van der Waals surface area contributed by atoms with Crippen LogP contribution in [0.5, 0.6) is 0 Å². The molecule has 2 unspecified atom stereocenters. The number of aliphatic carboxylic acids is 1. The van der Waals surface area contributed by atoms with Crippen molar-refractivity contribution < 1.29 is 14.7 Å². The van der Waals surface area contributed by atoms with Crippen molar-refractivity contribution in [1.82, 2.24) is 9.80 Å². The maximum Gasteiger partial charge on any atom is 0.320 e. The van der Waals surface area contributed by atoms with Crippen molar-refractivity contribution >= 4 is 12.0 Å². The zero-order chi connectivity index (χ0) is 15.4. The molecule has 5 heteroatoms. The summed E-state index contributed by atoms with van der Waals surface area (Å²) in [5.74, 6) is -0.414. The lowest BCUT2D eigenvalue weighted by Crippen LogP contribution is -2.48. The van der Waals surface area contributed by atoms with E-state index in [1.165, 1.54) is 0 Å². The lowest BCUT2D eigenvalue weighted by molar-refractivity contribution is -0.142. The van der Waals surface area contributed by atoms with Crippen LogP contribution >= 0.6 is 0 Å². The van der Waals surface area contributed by atoms with E-state index in [1.807, 2.05) is 11.8 Å². The van der Waals surface area contributed by atoms with Crippen molar-refractivity contribution in [2.24, 2.45) is 17.8 Å². The molecule has 1 saturated heterocycles. The van der Waals surface area contributed by atoms with Crippen LogP contribution in [0.3, 0.4) is 0 Å². The minimum absolute atomic E-state index is 0.0105. The first-order valence-corrected chi connectivity index (χ1v) is 7.52. The normalized spacial score (nSPS) is 22.6. The molecule has 0 aromatic carbocycles. The van der Waals surface area contributed by atoms with Crippen molar-refractivity contribution in [3.05, 3.63) is 0 Å². The highest BCUT2D eigenvalue weighted by Gasteiger charge is 2.39. The van der Waals surface area contributed by atoms with Crippen LogP contribution in [-0.2, 0) is 4.79 Å². The highest BCUT2D eigenvalue weighted by atomic mass is 16.4. The molecule has 5 nitrogen and oxygen atoms in total. The van der Waals surface area contributed by atoms with Gasteiger partial charge in [0.1, 0.15) is 0 Å². The third-order valence-corrected chi connectivity index (χ3v) is 3.76. The van der Waals surface area contributed by atoms with E-state index in [1.54, 1.807) is 4.90 Å². The predicted octanol–water partition coefficient (Wildman–Crippen LogP) is 2.52. The van der Waals surface area contributed by atoms with Crippen molar-refractivity contribution in [3.63, 3.8) is 0 Å². The van der Waals surface area contributed by atoms with Crippen molar-refractivity contribution in [2.45, 2.75) is 47.1 Å². The van der Waals surface area contributed by atoms with Crippen LogP contribution in [-0.4, -0.2) is 52.6 Å². The zero-order valence-electron chi connectivity index (χ0n) is 13.3. The minimum Gasteiger partial charge on any atom is -0.481 e. The molecular formula is C15H28N2O3. The largest absolute Gasteiger partial charge is 0.481 e. The Balaban J connectivity index is 2.77. The second-order valence-electron chi connectivity index (χ2n) is 6.64. The van der Waals surface area contributed by atoms with E-state index in [4.69, 9.17) is 5.11 Å². The molecule has 0 saturated carbocycles. The van der Waals surface area contributed by atoms with Crippen LogP contribution < -0.4 is 0 Å². The fourth-order valence-corrected chi connectivity index (χ4v) is 2.83. The van der Waals surface area contributed by atoms with Crippen LogP contribution in [0, 0.1) is 17.8 Å². The molecule has 0 aliphatic carbocycles. The van der Waals surface area contributed by atoms with E-state index in [-0.39, 0.29) is 12.1 Å². The molecule has 2 amide bonds. The second-order valence-corrected chi connectivity index (χ2v) is 6.64. The van der Waals surface area contributed by atoms with Crippen LogP contribution in [0.2, 0.25) is 0 Å². The summed E-state index contributed by atoms with van der Waals surface area (Å²) in [5.41, 5.74) is 0. The number of hydrogen-bond acceptors (Lipinski definition) is 2. The maximum atomic E-state index is 12.7. The summed E-state index contributed by atoms with van der Waals surface area (Å²) in [6.45, 7) is 12.2. The van der Waals surface area contributed by atoms with Gasteiger partial charge in [0.15, 0.2) is 0 Å². The van der Waals surface area contributed by atoms with Gasteiger partial charge < -0.3 is 14.9 Å². The molecule has 20 heavy (non-hydrogen) atoms. The summed E-state index contributed by atoms with van der Waals surface area (Å²) < 4.78 is 0. The van der Waals surface area contributed by atoms with E-state index in [0.717, 1.165) is 13.1 Å². The molecule has 2 atom stereocenters. The SMILES string of the molecule is CC(C)CN(CC(C)C)C(=O)N1CCC(C(=O)O)C1C. The Hall–Kier alpha value is -1.26. The Morgan fingerprint density at radius 1 is 1.20 bits per heavy atom. The van der Waals surface area contributed by atoms with Gasteiger partial charge in [0.25, 0.3) is 0 Å². The van der Waals surface area contributed by atoms with Gasteiger partial charge in [0.05, 0.1) is 5.92 Å². The number of carbonyl (C=O) groups is 2. The van der Waals surface area contributed by atoms with Crippen LogP contribution in [0.25, 0.3) is 0 Å². The predicted molar refractivity (Wildman–Crippen MR) is 78.6 cm³/mol. The molecule has 0 aromatic rings. The zero-order valence-corrected chi connectivity index (χ0v) is 13.3. The van der Waals surface area contributed by atoms with E-state index < -0.39 is 11.9 Å². The van der Waals surface area contributed by atoms with Crippen LogP contribution in [0.15, 0.2) is 0 Å². The summed E-state index contributed by atoms with van der Waals surface area (Å²) in [7, 11) is 0. The smallest absolute Gasteiger partial charge is 0.320 e. The third kappa shape index (κ3) is 4.12. The number of carboxylic acids is 1. The summed E-state index contributed by atoms with van der Waals surface area (Å²) in [6.07, 6.45) is 0.555. The van der Waals surface area contributed by atoms with Gasteiger partial charge in [-0.05, 0) is 25.2 Å². The lowest BCUT2D eigenvalue weighted by atomic mass is 10.0. The van der Waals surface area contributed by atoms with Gasteiger partial charge in [0, 0.05) is 25.7 Å². The summed E-state index contributed by atoms with van der Waals surface area (Å²) in [6, 6.07) is -0.231. The highest BCUT2D eigenvalue weighted by Crippen LogP contribution is 2.26. The molecule has 0 radical (unpaired) electrons. The topological polar surface area (TPSA) is 60.9 Å². The Morgan fingerprint density at radius 2 is 1.70 bits per heavy atom. The monoisotopic (exact) mass is 284 g/mol. The molecule has 1 aliphatic rings. The van der Waals surface area contributed by atoms with Gasteiger partial charge in [-0.15, -0.1) is 0 Å². The van der Waals surface area contributed by atoms with Crippen molar-refractivity contribution in [3.8, 4) is 0 Å². The first kappa shape index (κ1) is 16.8. The van der Waals surface area contributed by atoms with Gasteiger partial charge in [-0.1, -0.05) is 27.7 Å². The van der Waals surface area contributed by atoms with E-state index in [9.17, 15) is 9.59 Å². The molecule has 0 bridgehead atoms. The molecule has 0 spiro atoms. The van der Waals surface area contributed by atoms with E-state index in [0.29, 0.717) is 24.8 Å². The Bertz CT molecular complexity index is 345. The number of likely N-dealkylation sites (tertiary alicyclic amines) is 1. The molecule has 1 fully saturated rings.